The molecule has 0 radical (unpaired) electrons. The molecule has 0 aliphatic heterocycles. The van der Waals surface area contributed by atoms with E-state index in [-0.39, 0.29) is 49.5 Å². The van der Waals surface area contributed by atoms with E-state index in [1.54, 1.807) is 0 Å². The van der Waals surface area contributed by atoms with Gasteiger partial charge in [-0.3, -0.25) is 0 Å². The lowest BCUT2D eigenvalue weighted by Gasteiger charge is -2.32. The number of carboxylic acid groups (broad SMARTS) is 1. The number of rotatable bonds is 19. The molecule has 55 heavy (non-hydrogen) atoms. The van der Waals surface area contributed by atoms with Gasteiger partial charge >= 0.3 is 5.97 Å². The molecule has 0 amide bonds. The number of nitrogens with zero attached hydrogens (tertiary/aromatic N) is 1. The van der Waals surface area contributed by atoms with Gasteiger partial charge in [-0.05, 0) is 147 Å². The molecular formula is C46H67NO8. The predicted molar refractivity (Wildman–Crippen MR) is 213 cm³/mol. The normalized spacial score (nSPS) is 27.3. The maximum Gasteiger partial charge on any atom is 0.341 e. The number of aliphatic carboxylic acids is 1. The second kappa shape index (κ2) is 21.4. The van der Waals surface area contributed by atoms with Gasteiger partial charge in [0.15, 0.2) is 13.2 Å². The molecule has 6 rings (SSSR count). The van der Waals surface area contributed by atoms with Crippen molar-refractivity contribution in [3.05, 3.63) is 58.7 Å². The van der Waals surface area contributed by atoms with E-state index < -0.39 is 5.97 Å². The number of aliphatic hydroxyl groups excluding tert-OH is 4. The third kappa shape index (κ3) is 11.7. The van der Waals surface area contributed by atoms with Gasteiger partial charge in [0.05, 0.1) is 24.4 Å². The van der Waals surface area contributed by atoms with Crippen molar-refractivity contribution in [2.45, 2.75) is 154 Å². The molecule has 5 N–H and O–H groups in total. The Balaban J connectivity index is 0.000000211. The molecular weight excluding hydrogens is 695 g/mol. The number of fused-ring (bicyclic) bond motifs is 4. The summed E-state index contributed by atoms with van der Waals surface area (Å²) in [6.45, 7) is 4.09. The van der Waals surface area contributed by atoms with E-state index in [1.807, 2.05) is 30.3 Å². The van der Waals surface area contributed by atoms with Gasteiger partial charge in [-0.1, -0.05) is 76.6 Å². The molecule has 9 nitrogen and oxygen atoms in total. The van der Waals surface area contributed by atoms with Gasteiger partial charge in [0.25, 0.3) is 0 Å². The number of carbonyl (C=O) groups is 1. The van der Waals surface area contributed by atoms with E-state index in [0.717, 1.165) is 114 Å². The SMILES string of the molecule is CCCCC[C@@H](O)CC[C@@H]1[C@H]2Cc3cccc(OCC#N)c3C[C@H]2C[C@H]1O.CCCCC[C@@H](O)CC[C@@H]1[C@H]2Cc3cccc(OCC(=O)O)c3C[C@H]2C[C@H]1O. The molecule has 2 aromatic rings. The highest BCUT2D eigenvalue weighted by Crippen LogP contribution is 2.50. The molecule has 304 valence electrons. The highest BCUT2D eigenvalue weighted by molar-refractivity contribution is 5.68. The van der Waals surface area contributed by atoms with E-state index in [2.05, 4.69) is 26.0 Å². The zero-order chi connectivity index (χ0) is 39.3. The largest absolute Gasteiger partial charge is 0.482 e. The smallest absolute Gasteiger partial charge is 0.341 e. The molecule has 4 aliphatic carbocycles. The number of nitriles is 1. The van der Waals surface area contributed by atoms with E-state index in [0.29, 0.717) is 29.4 Å². The van der Waals surface area contributed by atoms with Crippen LogP contribution in [0.1, 0.15) is 126 Å². The summed E-state index contributed by atoms with van der Waals surface area (Å²) in [4.78, 5) is 10.8. The monoisotopic (exact) mass is 761 g/mol. The van der Waals surface area contributed by atoms with Crippen molar-refractivity contribution in [3.8, 4) is 17.6 Å². The first-order chi connectivity index (χ1) is 26.6. The Hall–Kier alpha value is -3.16. The topological polar surface area (TPSA) is 160 Å². The number of benzene rings is 2. The summed E-state index contributed by atoms with van der Waals surface area (Å²) in [5, 5.41) is 59.6. The van der Waals surface area contributed by atoms with Crippen molar-refractivity contribution in [3.63, 3.8) is 0 Å². The van der Waals surface area contributed by atoms with Gasteiger partial charge in [-0.2, -0.15) is 5.26 Å². The first-order valence-corrected chi connectivity index (χ1v) is 21.4. The number of hydrogen-bond acceptors (Lipinski definition) is 8. The lowest BCUT2D eigenvalue weighted by atomic mass is 9.73. The summed E-state index contributed by atoms with van der Waals surface area (Å²) in [7, 11) is 0. The lowest BCUT2D eigenvalue weighted by molar-refractivity contribution is -0.139. The molecule has 2 fully saturated rings. The van der Waals surface area contributed by atoms with Crippen LogP contribution in [0.3, 0.4) is 0 Å². The van der Waals surface area contributed by atoms with Crippen LogP contribution in [-0.4, -0.2) is 69.1 Å². The number of hydrogen-bond donors (Lipinski definition) is 5. The van der Waals surface area contributed by atoms with Crippen molar-refractivity contribution in [1.82, 2.24) is 0 Å². The first kappa shape index (κ1) is 43.0. The number of ether oxygens (including phenoxy) is 2. The fourth-order valence-electron chi connectivity index (χ4n) is 10.4. The molecule has 0 unspecified atom stereocenters. The van der Waals surface area contributed by atoms with E-state index in [4.69, 9.17) is 19.8 Å². The Morgan fingerprint density at radius 2 is 1.20 bits per heavy atom. The minimum atomic E-state index is -0.972. The second-order valence-electron chi connectivity index (χ2n) is 17.0. The summed E-state index contributed by atoms with van der Waals surface area (Å²) in [5.74, 6) is 2.84. The molecule has 0 spiro atoms. The van der Waals surface area contributed by atoms with Gasteiger partial charge in [-0.15, -0.1) is 0 Å². The van der Waals surface area contributed by atoms with Crippen LogP contribution < -0.4 is 9.47 Å². The summed E-state index contributed by atoms with van der Waals surface area (Å²) in [6.07, 6.45) is 16.1. The Kier molecular flexibility index (Phi) is 16.7. The maximum absolute atomic E-state index is 10.8. The van der Waals surface area contributed by atoms with Crippen LogP contribution >= 0.6 is 0 Å². The molecule has 4 aliphatic rings. The van der Waals surface area contributed by atoms with E-state index in [9.17, 15) is 25.2 Å². The van der Waals surface area contributed by atoms with Crippen LogP contribution in [0.5, 0.6) is 11.5 Å². The number of carboxylic acids is 1. The minimum Gasteiger partial charge on any atom is -0.482 e. The Labute approximate surface area is 329 Å². The highest BCUT2D eigenvalue weighted by Gasteiger charge is 2.46. The van der Waals surface area contributed by atoms with Crippen molar-refractivity contribution in [1.29, 1.82) is 5.26 Å². The first-order valence-electron chi connectivity index (χ1n) is 21.4. The van der Waals surface area contributed by atoms with Gasteiger partial charge < -0.3 is 35.0 Å². The van der Waals surface area contributed by atoms with Gasteiger partial charge in [0, 0.05) is 0 Å². The molecule has 2 saturated carbocycles. The van der Waals surface area contributed by atoms with E-state index >= 15 is 0 Å². The van der Waals surface area contributed by atoms with Crippen LogP contribution in [0, 0.1) is 46.8 Å². The average molecular weight is 762 g/mol. The molecule has 0 saturated heterocycles. The van der Waals surface area contributed by atoms with Crippen LogP contribution in [-0.2, 0) is 30.5 Å². The van der Waals surface area contributed by atoms with Crippen LogP contribution in [0.25, 0.3) is 0 Å². The van der Waals surface area contributed by atoms with Gasteiger partial charge in [-0.25, -0.2) is 4.79 Å². The quantitative estimate of drug-likeness (QED) is 0.0909. The van der Waals surface area contributed by atoms with Crippen LogP contribution in [0.2, 0.25) is 0 Å². The van der Waals surface area contributed by atoms with Crippen molar-refractivity contribution in [2.75, 3.05) is 13.2 Å². The highest BCUT2D eigenvalue weighted by atomic mass is 16.5. The maximum atomic E-state index is 10.8. The summed E-state index contributed by atoms with van der Waals surface area (Å²) >= 11 is 0. The molecule has 2 aromatic carbocycles. The summed E-state index contributed by atoms with van der Waals surface area (Å²) in [6, 6.07) is 14.0. The van der Waals surface area contributed by atoms with E-state index in [1.165, 1.54) is 29.5 Å². The summed E-state index contributed by atoms with van der Waals surface area (Å²) in [5.41, 5.74) is 4.85. The number of unbranched alkanes of at least 4 members (excludes halogenated alkanes) is 4. The standard InChI is InChI=1S/C23H33NO3.C23H34O5/c1-2-3-4-7-18(25)9-10-19-20-13-16-6-5-8-23(27-12-11-24)21(16)14-17(20)15-22(19)26;1-2-3-4-7-17(24)9-10-18-19-11-15-6-5-8-22(28-14-23(26)27)20(15)12-16(19)13-21(18)25/h5-6,8,17-20,22,25-26H,2-4,7,9-10,12-15H2,1H3;5-6,8,16-19,21,24-25H,2-4,7,9-14H2,1H3,(H,26,27)/t17-,18+,19+,20-,22+;16-,17+,18+,19-,21+/m00/s1. The van der Waals surface area contributed by atoms with Crippen molar-refractivity contribution < 1.29 is 39.8 Å². The molecule has 0 heterocycles. The fourth-order valence-corrected chi connectivity index (χ4v) is 10.4. The Morgan fingerprint density at radius 3 is 1.64 bits per heavy atom. The molecule has 0 aromatic heterocycles. The Bertz CT molecular complexity index is 1540. The Morgan fingerprint density at radius 1 is 0.727 bits per heavy atom. The molecule has 0 bridgehead atoms. The third-order valence-corrected chi connectivity index (χ3v) is 13.3. The van der Waals surface area contributed by atoms with Gasteiger partial charge in [0.2, 0.25) is 0 Å². The zero-order valence-corrected chi connectivity index (χ0v) is 33.3. The predicted octanol–water partition coefficient (Wildman–Crippen LogP) is 7.61. The number of aliphatic hydroxyl groups is 4. The molecule has 10 atom stereocenters. The fraction of sp³-hybridized carbons (Fsp3) is 0.696. The van der Waals surface area contributed by atoms with Crippen LogP contribution in [0.15, 0.2) is 36.4 Å². The minimum absolute atomic E-state index is 0.0751. The average Bonchev–Trinajstić information content (AvgIpc) is 3.65. The summed E-state index contributed by atoms with van der Waals surface area (Å²) < 4.78 is 11.1. The van der Waals surface area contributed by atoms with Gasteiger partial charge in [0.1, 0.15) is 17.6 Å². The second-order valence-corrected chi connectivity index (χ2v) is 17.0. The van der Waals surface area contributed by atoms with Crippen LogP contribution in [0.4, 0.5) is 0 Å². The third-order valence-electron chi connectivity index (χ3n) is 13.3. The molecule has 9 heteroatoms. The lowest BCUT2D eigenvalue weighted by Crippen LogP contribution is -2.28. The zero-order valence-electron chi connectivity index (χ0n) is 33.3. The van der Waals surface area contributed by atoms with Crippen molar-refractivity contribution >= 4 is 5.97 Å². The van der Waals surface area contributed by atoms with Crippen molar-refractivity contribution in [2.24, 2.45) is 35.5 Å².